The number of rotatable bonds is 3. The number of amides is 4. The molecular formula is C45H45N12NaO16. The van der Waals surface area contributed by atoms with Crippen LogP contribution >= 0.6 is 0 Å². The van der Waals surface area contributed by atoms with Crippen molar-refractivity contribution in [3.05, 3.63) is 149 Å². The molecule has 0 radical (unpaired) electrons. The summed E-state index contributed by atoms with van der Waals surface area (Å²) in [4.78, 5) is 78.0. The summed E-state index contributed by atoms with van der Waals surface area (Å²) in [6, 6.07) is 22.7. The molecular weight excluding hydrogens is 988 g/mol. The number of Topliss-reactive ketones (excluding diaryl/α,β-unsaturated/α-hetero) is 1. The molecule has 10 N–H and O–H groups in total. The molecule has 382 valence electrons. The Balaban J connectivity index is 0.000000197. The first-order chi connectivity index (χ1) is 35.0. The Morgan fingerprint density at radius 3 is 1.50 bits per heavy atom. The number of nitrogen functional groups attached to an aromatic ring is 2. The monoisotopic (exact) mass is 1030 g/mol. The van der Waals surface area contributed by atoms with Crippen LogP contribution in [0.15, 0.2) is 91.0 Å². The smallest absolute Gasteiger partial charge is 0.595 e. The van der Waals surface area contributed by atoms with Gasteiger partial charge in [0.15, 0.2) is 11.5 Å². The molecule has 0 bridgehead atoms. The molecule has 10 rings (SSSR count). The van der Waals surface area contributed by atoms with E-state index in [1.807, 2.05) is 0 Å². The predicted molar refractivity (Wildman–Crippen MR) is 258 cm³/mol. The number of nitrogens with one attached hydrogen (secondary N) is 5. The molecule has 0 aliphatic carbocycles. The first-order valence-electron chi connectivity index (χ1n) is 21.5. The molecule has 5 heterocycles. The fourth-order valence-electron chi connectivity index (χ4n) is 6.58. The molecule has 1 atom stereocenters. The van der Waals surface area contributed by atoms with Crippen LogP contribution in [-0.2, 0) is 9.59 Å². The number of nitrogens with zero attached hydrogens (tertiary/aromatic N) is 5. The first-order valence-corrected chi connectivity index (χ1v) is 21.5. The van der Waals surface area contributed by atoms with E-state index in [-0.39, 0.29) is 94.6 Å². The minimum Gasteiger partial charge on any atom is -0.595 e. The topological polar surface area (TPSA) is 424 Å². The summed E-state index contributed by atoms with van der Waals surface area (Å²) in [5.74, 6) is 1.84. The van der Waals surface area contributed by atoms with Crippen LogP contribution in [0.5, 0.6) is 28.7 Å². The van der Waals surface area contributed by atoms with Crippen LogP contribution in [0.2, 0.25) is 0 Å². The molecule has 1 unspecified atom stereocenters. The van der Waals surface area contributed by atoms with Crippen molar-refractivity contribution in [2.45, 2.75) is 19.3 Å². The molecule has 4 amide bonds. The van der Waals surface area contributed by atoms with Crippen LogP contribution in [0.3, 0.4) is 0 Å². The third kappa shape index (κ3) is 16.9. The maximum atomic E-state index is 11.5. The second-order valence-corrected chi connectivity index (χ2v) is 15.0. The molecule has 5 aliphatic rings. The SMILES string of the molecule is Nc1ccc2c(c1)C(=O)NCCO2.Nc1ccc2c(c1)NC(=O)CCO2.O=C1CCOc2ccc([N+](=O)[O-])cc2N1.O=C1CCOc2ccc([NH+]([O-])O)cc21.O=C1NCCOc2ccc([N+](=O)[O-])cc21.[N-]=[N+]=[N-].[Na+]. The van der Waals surface area contributed by atoms with Gasteiger partial charge in [-0.1, -0.05) is 0 Å². The molecule has 74 heavy (non-hydrogen) atoms. The number of quaternary nitrogens is 1. The van der Waals surface area contributed by atoms with Gasteiger partial charge in [-0.2, -0.15) is 5.23 Å². The maximum absolute atomic E-state index is 11.5. The third-order valence-corrected chi connectivity index (χ3v) is 9.97. The molecule has 0 aromatic heterocycles. The quantitative estimate of drug-likeness (QED) is 0.0240. The van der Waals surface area contributed by atoms with E-state index >= 15 is 0 Å². The van der Waals surface area contributed by atoms with Gasteiger partial charge >= 0.3 is 29.6 Å². The van der Waals surface area contributed by atoms with Gasteiger partial charge in [-0.3, -0.25) is 49.1 Å². The van der Waals surface area contributed by atoms with Gasteiger partial charge in [0.25, 0.3) is 23.2 Å². The molecule has 28 nitrogen and oxygen atoms in total. The van der Waals surface area contributed by atoms with Gasteiger partial charge in [-0.15, -0.1) is 0 Å². The summed E-state index contributed by atoms with van der Waals surface area (Å²) in [6.45, 7) is 2.89. The van der Waals surface area contributed by atoms with Crippen LogP contribution in [0.25, 0.3) is 16.0 Å². The predicted octanol–water partition coefficient (Wildman–Crippen LogP) is 1.34. The van der Waals surface area contributed by atoms with Crippen molar-refractivity contribution in [3.63, 3.8) is 0 Å². The van der Waals surface area contributed by atoms with Crippen LogP contribution in [0, 0.1) is 25.4 Å². The van der Waals surface area contributed by atoms with Gasteiger partial charge in [0, 0.05) is 54.2 Å². The van der Waals surface area contributed by atoms with Crippen molar-refractivity contribution < 1.29 is 97.5 Å². The second kappa shape index (κ2) is 28.3. The number of nitrogens with two attached hydrogens (primary N) is 2. The standard InChI is InChI=1S/2C9H8N2O4.2C9H10N2O2.C9H9NO4.N3.Na/c12-9-7-5-6(11(13)14)1-2-8(7)15-4-3-10-9;12-9-3-4-15-8-2-1-6(11(13)14)5-7(8)10-9;10-6-1-2-8-7(5-6)9(12)11-3-4-13-8;10-6-1-2-8-7(5-6)11-9(12)3-4-13-8;11-8-3-4-14-9-2-1-6(10(12)13)5-7(8)9;1-3-2;/h2*1-2,5H,3-4H2,(H,10,12);2*1-2,5H,3-4,10H2,(H,11,12);1-2,5,10,12H,3-4H2;;/q;;;;;-1;+1. The number of carbonyl (C=O) groups is 5. The van der Waals surface area contributed by atoms with Crippen molar-refractivity contribution in [2.24, 2.45) is 0 Å². The Bertz CT molecular complexity index is 2920. The molecule has 5 aromatic carbocycles. The molecule has 5 aromatic rings. The van der Waals surface area contributed by atoms with Crippen molar-refractivity contribution in [3.8, 4) is 28.7 Å². The van der Waals surface area contributed by atoms with E-state index in [0.717, 1.165) is 0 Å². The number of benzene rings is 5. The average Bonchev–Trinajstić information content (AvgIpc) is 3.84. The van der Waals surface area contributed by atoms with Gasteiger partial charge < -0.3 is 72.7 Å². The Kier molecular flexibility index (Phi) is 22.1. The summed E-state index contributed by atoms with van der Waals surface area (Å²) in [5.41, 5.74) is 27.8. The number of nitro groups is 2. The third-order valence-electron chi connectivity index (χ3n) is 9.97. The van der Waals surface area contributed by atoms with Gasteiger partial charge in [0.05, 0.1) is 83.7 Å². The van der Waals surface area contributed by atoms with Crippen LogP contribution in [0.4, 0.5) is 39.8 Å². The van der Waals surface area contributed by atoms with Crippen molar-refractivity contribution in [1.82, 2.24) is 10.6 Å². The van der Waals surface area contributed by atoms with Crippen LogP contribution in [-0.4, -0.2) is 90.6 Å². The largest absolute Gasteiger partial charge is 1.00 e. The molecule has 0 fully saturated rings. The number of anilines is 4. The van der Waals surface area contributed by atoms with Gasteiger partial charge in [-0.05, 0) is 54.6 Å². The zero-order valence-electron chi connectivity index (χ0n) is 39.2. The second-order valence-electron chi connectivity index (χ2n) is 15.0. The minimum absolute atomic E-state index is 0. The van der Waals surface area contributed by atoms with Gasteiger partial charge in [-0.25, -0.2) is 5.21 Å². The van der Waals surface area contributed by atoms with E-state index in [2.05, 4.69) is 21.3 Å². The summed E-state index contributed by atoms with van der Waals surface area (Å²) >= 11 is 0. The zero-order valence-corrected chi connectivity index (χ0v) is 41.2. The first kappa shape index (κ1) is 57.8. The summed E-state index contributed by atoms with van der Waals surface area (Å²) in [7, 11) is 0. The van der Waals surface area contributed by atoms with E-state index in [1.54, 1.807) is 36.4 Å². The van der Waals surface area contributed by atoms with E-state index in [9.17, 15) is 49.4 Å². The number of nitro benzene ring substituents is 2. The molecule has 0 saturated heterocycles. The molecule has 0 saturated carbocycles. The minimum atomic E-state index is -1.04. The summed E-state index contributed by atoms with van der Waals surface area (Å²) in [6.07, 6.45) is 0.952. The van der Waals surface area contributed by atoms with E-state index < -0.39 is 15.1 Å². The number of non-ortho nitro benzene ring substituents is 2. The van der Waals surface area contributed by atoms with Crippen LogP contribution < -0.4 is 91.2 Å². The Morgan fingerprint density at radius 2 is 0.959 bits per heavy atom. The number of ketones is 1. The molecule has 5 aliphatic heterocycles. The fraction of sp³-hybridized carbons (Fsp3) is 0.222. The van der Waals surface area contributed by atoms with E-state index in [4.69, 9.17) is 51.4 Å². The number of hydrogen-bond donors (Lipinski definition) is 8. The fourth-order valence-corrected chi connectivity index (χ4v) is 6.58. The molecule has 29 heteroatoms. The van der Waals surface area contributed by atoms with Gasteiger partial charge in [0.2, 0.25) is 11.8 Å². The Hall–Kier alpha value is -8.76. The Labute approximate surface area is 440 Å². The average molecular weight is 1030 g/mol. The number of fused-ring (bicyclic) bond motifs is 5. The number of ether oxygens (including phenoxy) is 5. The van der Waals surface area contributed by atoms with E-state index in [0.29, 0.717) is 115 Å². The summed E-state index contributed by atoms with van der Waals surface area (Å²) < 4.78 is 26.4. The van der Waals surface area contributed by atoms with E-state index in [1.165, 1.54) is 59.5 Å². The normalized spacial score (nSPS) is 14.6. The summed E-state index contributed by atoms with van der Waals surface area (Å²) in [5, 5.41) is 49.9. The van der Waals surface area contributed by atoms with Crippen molar-refractivity contribution in [1.29, 1.82) is 0 Å². The number of hydrogen-bond acceptors (Lipinski definition) is 18. The van der Waals surface area contributed by atoms with Crippen molar-refractivity contribution in [2.75, 3.05) is 68.2 Å². The Morgan fingerprint density at radius 1 is 0.554 bits per heavy atom. The number of carbonyl (C=O) groups excluding carboxylic acids is 5. The molecule has 0 spiro atoms. The van der Waals surface area contributed by atoms with Crippen LogP contribution in [0.1, 0.15) is 50.3 Å². The zero-order chi connectivity index (χ0) is 53.0. The van der Waals surface area contributed by atoms with Crippen molar-refractivity contribution >= 4 is 69.2 Å². The maximum Gasteiger partial charge on any atom is 1.00 e. The van der Waals surface area contributed by atoms with Gasteiger partial charge in [0.1, 0.15) is 42.0 Å².